The molecule has 0 amide bonds. The third-order valence-corrected chi connectivity index (χ3v) is 9.07. The first-order chi connectivity index (χ1) is 16.2. The Hall–Kier alpha value is -2.08. The molecule has 0 N–H and O–H groups in total. The van der Waals surface area contributed by atoms with Gasteiger partial charge in [0.2, 0.25) is 0 Å². The number of rotatable bonds is 2. The number of benzene rings is 2. The summed E-state index contributed by atoms with van der Waals surface area (Å²) >= 11 is 0. The van der Waals surface area contributed by atoms with E-state index in [4.69, 9.17) is 0 Å². The van der Waals surface area contributed by atoms with Crippen LogP contribution in [0.4, 0.5) is 0 Å². The molecule has 3 aliphatic rings. The highest BCUT2D eigenvalue weighted by molar-refractivity contribution is 5.80. The zero-order valence-corrected chi connectivity index (χ0v) is 23.8. The van der Waals surface area contributed by atoms with E-state index in [-0.39, 0.29) is 21.7 Å². The Morgan fingerprint density at radius 2 is 1.31 bits per heavy atom. The Balaban J connectivity index is 1.73. The van der Waals surface area contributed by atoms with Gasteiger partial charge in [-0.3, -0.25) is 0 Å². The van der Waals surface area contributed by atoms with E-state index < -0.39 is 0 Å². The zero-order valence-electron chi connectivity index (χ0n) is 23.8. The maximum absolute atomic E-state index is 2.64. The Morgan fingerprint density at radius 1 is 0.686 bits per heavy atom. The molecule has 3 aliphatic carbocycles. The fraction of sp³-hybridized carbons (Fsp3) is 0.543. The predicted octanol–water partition coefficient (Wildman–Crippen LogP) is 9.97. The minimum atomic E-state index is 0.132. The highest BCUT2D eigenvalue weighted by Crippen LogP contribution is 2.55. The van der Waals surface area contributed by atoms with Crippen LogP contribution in [0.25, 0.3) is 11.1 Å². The third-order valence-electron chi connectivity index (χ3n) is 9.07. The van der Waals surface area contributed by atoms with E-state index in [1.165, 1.54) is 59.1 Å². The lowest BCUT2D eigenvalue weighted by Crippen LogP contribution is -2.27. The minimum absolute atomic E-state index is 0.132. The van der Waals surface area contributed by atoms with Gasteiger partial charge in [-0.15, -0.1) is 0 Å². The molecular formula is C35H46. The average Bonchev–Trinajstić information content (AvgIpc) is 3.48. The summed E-state index contributed by atoms with van der Waals surface area (Å²) < 4.78 is 0. The molecule has 0 radical (unpaired) electrons. The minimum Gasteiger partial charge on any atom is -0.0767 e. The lowest BCUT2D eigenvalue weighted by Gasteiger charge is -2.36. The van der Waals surface area contributed by atoms with Crippen LogP contribution in [0.1, 0.15) is 122 Å². The van der Waals surface area contributed by atoms with Crippen molar-refractivity contribution >= 4 is 0 Å². The summed E-state index contributed by atoms with van der Waals surface area (Å²) in [5.74, 6) is 0. The second-order valence-corrected chi connectivity index (χ2v) is 14.7. The van der Waals surface area contributed by atoms with Crippen LogP contribution in [0.2, 0.25) is 0 Å². The van der Waals surface area contributed by atoms with Crippen molar-refractivity contribution in [2.75, 3.05) is 0 Å². The van der Waals surface area contributed by atoms with Crippen molar-refractivity contribution in [2.45, 2.75) is 117 Å². The molecule has 186 valence electrons. The molecule has 2 aromatic rings. The van der Waals surface area contributed by atoms with Gasteiger partial charge in [0.15, 0.2) is 0 Å². The molecule has 0 saturated heterocycles. The van der Waals surface area contributed by atoms with Gasteiger partial charge in [-0.2, -0.15) is 0 Å². The normalized spacial score (nSPS) is 19.5. The van der Waals surface area contributed by atoms with E-state index in [2.05, 4.69) is 105 Å². The van der Waals surface area contributed by atoms with Crippen molar-refractivity contribution in [3.05, 3.63) is 81.4 Å². The van der Waals surface area contributed by atoms with E-state index >= 15 is 0 Å². The molecule has 0 heterocycles. The van der Waals surface area contributed by atoms with Crippen molar-refractivity contribution in [1.82, 2.24) is 0 Å². The van der Waals surface area contributed by atoms with Gasteiger partial charge in [-0.25, -0.2) is 0 Å². The molecule has 1 fully saturated rings. The molecular weight excluding hydrogens is 420 g/mol. The van der Waals surface area contributed by atoms with Crippen LogP contribution in [0.3, 0.4) is 0 Å². The first-order valence-corrected chi connectivity index (χ1v) is 13.9. The highest BCUT2D eigenvalue weighted by Gasteiger charge is 2.43. The van der Waals surface area contributed by atoms with Gasteiger partial charge >= 0.3 is 0 Å². The van der Waals surface area contributed by atoms with Crippen LogP contribution in [0.15, 0.2) is 53.6 Å². The van der Waals surface area contributed by atoms with Gasteiger partial charge in [-0.1, -0.05) is 123 Å². The first kappa shape index (κ1) is 24.6. The van der Waals surface area contributed by atoms with Crippen LogP contribution in [0, 0.1) is 5.41 Å². The summed E-state index contributed by atoms with van der Waals surface area (Å²) in [5, 5.41) is 0. The number of allylic oxidation sites excluding steroid dienone is 4. The average molecular weight is 467 g/mol. The fourth-order valence-electron chi connectivity index (χ4n) is 6.72. The fourth-order valence-corrected chi connectivity index (χ4v) is 6.72. The Bertz CT molecular complexity index is 1220. The maximum Gasteiger partial charge on any atom is 0.0171 e. The molecule has 0 heteroatoms. The SMILES string of the molecule is CC(C)(C)C1=CCC(C2(c3cc(C(C)(C)C)cc4c3Cc3ccc(C(C)(C)C)cc3-4)CCCC2)=C1. The molecule has 0 aromatic heterocycles. The lowest BCUT2D eigenvalue weighted by molar-refractivity contribution is 0.503. The predicted molar refractivity (Wildman–Crippen MR) is 152 cm³/mol. The molecule has 0 spiro atoms. The second-order valence-electron chi connectivity index (χ2n) is 14.7. The summed E-state index contributed by atoms with van der Waals surface area (Å²) in [5.41, 5.74) is 14.7. The van der Waals surface area contributed by atoms with Crippen molar-refractivity contribution in [2.24, 2.45) is 5.41 Å². The van der Waals surface area contributed by atoms with Crippen LogP contribution in [-0.4, -0.2) is 0 Å². The van der Waals surface area contributed by atoms with Crippen LogP contribution in [-0.2, 0) is 22.7 Å². The van der Waals surface area contributed by atoms with Crippen molar-refractivity contribution in [1.29, 1.82) is 0 Å². The van der Waals surface area contributed by atoms with Gasteiger partial charge in [0.25, 0.3) is 0 Å². The molecule has 35 heavy (non-hydrogen) atoms. The first-order valence-electron chi connectivity index (χ1n) is 13.9. The third kappa shape index (κ3) is 4.16. The van der Waals surface area contributed by atoms with Gasteiger partial charge in [0, 0.05) is 5.41 Å². The second kappa shape index (κ2) is 7.96. The topological polar surface area (TPSA) is 0 Å². The summed E-state index contributed by atoms with van der Waals surface area (Å²) in [6.07, 6.45) is 12.6. The standard InChI is InChI=1S/C35H46/c1-32(2,3)24-14-15-26(19-24)35(16-10-11-17-35)31-22-27(34(7,8)9)21-29-28-20-25(33(4,5)6)13-12-23(28)18-30(29)31/h12-14,19-22H,10-11,15-18H2,1-9H3. The van der Waals surface area contributed by atoms with E-state index in [0.29, 0.717) is 0 Å². The van der Waals surface area contributed by atoms with Gasteiger partial charge in [0.05, 0.1) is 0 Å². The Morgan fingerprint density at radius 3 is 1.89 bits per heavy atom. The van der Waals surface area contributed by atoms with E-state index in [0.717, 1.165) is 12.8 Å². The van der Waals surface area contributed by atoms with Crippen molar-refractivity contribution < 1.29 is 0 Å². The lowest BCUT2D eigenvalue weighted by atomic mass is 9.68. The van der Waals surface area contributed by atoms with E-state index in [1.807, 2.05) is 0 Å². The number of hydrogen-bond acceptors (Lipinski definition) is 0. The molecule has 0 unspecified atom stereocenters. The maximum atomic E-state index is 2.64. The van der Waals surface area contributed by atoms with Crippen molar-refractivity contribution in [3.63, 3.8) is 0 Å². The van der Waals surface area contributed by atoms with E-state index in [9.17, 15) is 0 Å². The molecule has 0 aliphatic heterocycles. The molecule has 1 saturated carbocycles. The number of fused-ring (bicyclic) bond motifs is 3. The molecule has 0 atom stereocenters. The molecule has 5 rings (SSSR count). The quantitative estimate of drug-likeness (QED) is 0.352. The summed E-state index contributed by atoms with van der Waals surface area (Å²) in [6.45, 7) is 21.2. The van der Waals surface area contributed by atoms with E-state index in [1.54, 1.807) is 16.7 Å². The monoisotopic (exact) mass is 466 g/mol. The Kier molecular flexibility index (Phi) is 5.60. The summed E-state index contributed by atoms with van der Waals surface area (Å²) in [4.78, 5) is 0. The smallest absolute Gasteiger partial charge is 0.0171 e. The van der Waals surface area contributed by atoms with Gasteiger partial charge in [0.1, 0.15) is 0 Å². The zero-order chi connectivity index (χ0) is 25.4. The van der Waals surface area contributed by atoms with Gasteiger partial charge in [-0.05, 0) is 86.4 Å². The highest BCUT2D eigenvalue weighted by atomic mass is 14.5. The van der Waals surface area contributed by atoms with Crippen LogP contribution >= 0.6 is 0 Å². The summed E-state index contributed by atoms with van der Waals surface area (Å²) in [7, 11) is 0. The molecule has 0 bridgehead atoms. The summed E-state index contributed by atoms with van der Waals surface area (Å²) in [6, 6.07) is 12.5. The van der Waals surface area contributed by atoms with Crippen LogP contribution in [0.5, 0.6) is 0 Å². The van der Waals surface area contributed by atoms with Gasteiger partial charge < -0.3 is 0 Å². The molecule has 0 nitrogen and oxygen atoms in total. The van der Waals surface area contributed by atoms with Crippen LogP contribution < -0.4 is 0 Å². The van der Waals surface area contributed by atoms with Crippen molar-refractivity contribution in [3.8, 4) is 11.1 Å². The Labute approximate surface area is 214 Å². The molecule has 2 aromatic carbocycles. The largest absolute Gasteiger partial charge is 0.0767 e. The number of hydrogen-bond donors (Lipinski definition) is 0.